The number of fused-ring (bicyclic) bond motifs is 1. The number of nitrogens with one attached hydrogen (secondary N) is 2. The first kappa shape index (κ1) is 20.9. The largest absolute Gasteiger partial charge is 0.493 e. The molecule has 0 spiro atoms. The third-order valence-electron chi connectivity index (χ3n) is 4.53. The number of ether oxygens (including phenoxy) is 2. The lowest BCUT2D eigenvalue weighted by molar-refractivity contribution is -0.121. The minimum absolute atomic E-state index is 0.248. The molecule has 0 unspecified atom stereocenters. The van der Waals surface area contributed by atoms with E-state index >= 15 is 0 Å². The van der Waals surface area contributed by atoms with E-state index in [1.807, 2.05) is 30.3 Å². The van der Waals surface area contributed by atoms with E-state index in [9.17, 15) is 9.59 Å². The van der Waals surface area contributed by atoms with Crippen LogP contribution in [0, 0.1) is 0 Å². The van der Waals surface area contributed by atoms with Gasteiger partial charge in [-0.05, 0) is 36.8 Å². The number of allylic oxidation sites excluding steroid dienone is 1. The minimum atomic E-state index is -0.428. The summed E-state index contributed by atoms with van der Waals surface area (Å²) in [5, 5.41) is 0.680. The molecule has 0 fully saturated rings. The quantitative estimate of drug-likeness (QED) is 0.463. The predicted molar refractivity (Wildman–Crippen MR) is 115 cm³/mol. The zero-order valence-electron chi connectivity index (χ0n) is 16.9. The number of rotatable bonds is 7. The van der Waals surface area contributed by atoms with E-state index in [1.54, 1.807) is 38.5 Å². The summed E-state index contributed by atoms with van der Waals surface area (Å²) in [5.41, 5.74) is 7.32. The van der Waals surface area contributed by atoms with Gasteiger partial charge in [0, 0.05) is 17.4 Å². The number of carbonyl (C=O) groups is 2. The molecular formula is C23H23N3O4. The molecule has 0 aliphatic heterocycles. The Kier molecular flexibility index (Phi) is 6.64. The summed E-state index contributed by atoms with van der Waals surface area (Å²) in [4.78, 5) is 29.3. The molecule has 3 aromatic rings. The van der Waals surface area contributed by atoms with Crippen LogP contribution in [0.3, 0.4) is 0 Å². The summed E-state index contributed by atoms with van der Waals surface area (Å²) in [6.07, 6.45) is 2.42. The molecule has 0 saturated carbocycles. The maximum Gasteiger partial charge on any atom is 0.270 e. The summed E-state index contributed by atoms with van der Waals surface area (Å²) >= 11 is 0. The van der Waals surface area contributed by atoms with Crippen LogP contribution in [-0.4, -0.2) is 31.0 Å². The van der Waals surface area contributed by atoms with Crippen LogP contribution in [0.5, 0.6) is 11.5 Å². The third kappa shape index (κ3) is 4.57. The van der Waals surface area contributed by atoms with Gasteiger partial charge in [-0.2, -0.15) is 0 Å². The standard InChI is InChI=1S/C23H23N3O4/c1-4-5-10-22(27)25-26-23(28)17-14-19(24-18-9-7-6-8-16(17)18)15-11-12-20(29-2)21(13-15)30-3/h4,6-9,11-14H,1,5,10H2,2-3H3,(H,25,27)(H,26,28). The van der Waals surface area contributed by atoms with Crippen LogP contribution in [0.1, 0.15) is 23.2 Å². The van der Waals surface area contributed by atoms with E-state index in [1.165, 1.54) is 0 Å². The van der Waals surface area contributed by atoms with Gasteiger partial charge >= 0.3 is 0 Å². The lowest BCUT2D eigenvalue weighted by Gasteiger charge is -2.13. The van der Waals surface area contributed by atoms with Gasteiger partial charge in [0.1, 0.15) is 0 Å². The molecule has 0 bridgehead atoms. The first-order chi connectivity index (χ1) is 14.6. The zero-order valence-corrected chi connectivity index (χ0v) is 16.9. The van der Waals surface area contributed by atoms with Crippen molar-refractivity contribution in [1.82, 2.24) is 15.8 Å². The van der Waals surface area contributed by atoms with Crippen LogP contribution in [0.2, 0.25) is 0 Å². The van der Waals surface area contributed by atoms with Crippen molar-refractivity contribution in [3.05, 3.63) is 66.7 Å². The molecule has 1 aromatic heterocycles. The Labute approximate surface area is 174 Å². The van der Waals surface area contributed by atoms with Gasteiger partial charge in [-0.15, -0.1) is 6.58 Å². The number of hydrazine groups is 1. The van der Waals surface area contributed by atoms with Gasteiger partial charge in [-0.1, -0.05) is 24.3 Å². The van der Waals surface area contributed by atoms with Crippen LogP contribution in [-0.2, 0) is 4.79 Å². The number of carbonyl (C=O) groups excluding carboxylic acids is 2. The van der Waals surface area contributed by atoms with Crippen molar-refractivity contribution in [3.63, 3.8) is 0 Å². The van der Waals surface area contributed by atoms with Gasteiger partial charge in [0.25, 0.3) is 5.91 Å². The normalized spacial score (nSPS) is 10.3. The molecule has 2 aromatic carbocycles. The van der Waals surface area contributed by atoms with Crippen LogP contribution >= 0.6 is 0 Å². The highest BCUT2D eigenvalue weighted by Crippen LogP contribution is 2.33. The molecule has 0 atom stereocenters. The molecule has 0 aliphatic rings. The number of amides is 2. The number of hydrogen-bond donors (Lipinski definition) is 2. The van der Waals surface area contributed by atoms with E-state index < -0.39 is 5.91 Å². The van der Waals surface area contributed by atoms with E-state index in [0.717, 1.165) is 5.56 Å². The Morgan fingerprint density at radius 1 is 1.03 bits per heavy atom. The monoisotopic (exact) mass is 405 g/mol. The van der Waals surface area contributed by atoms with Crippen LogP contribution in [0.4, 0.5) is 0 Å². The van der Waals surface area contributed by atoms with Gasteiger partial charge in [0.15, 0.2) is 11.5 Å². The first-order valence-electron chi connectivity index (χ1n) is 9.39. The highest BCUT2D eigenvalue weighted by Gasteiger charge is 2.15. The Hall–Kier alpha value is -3.87. The molecule has 2 N–H and O–H groups in total. The predicted octanol–water partition coefficient (Wildman–Crippen LogP) is 3.65. The van der Waals surface area contributed by atoms with Crippen molar-refractivity contribution in [1.29, 1.82) is 0 Å². The number of hydrogen-bond acceptors (Lipinski definition) is 5. The van der Waals surface area contributed by atoms with Gasteiger partial charge in [-0.3, -0.25) is 20.4 Å². The van der Waals surface area contributed by atoms with Gasteiger partial charge in [0.2, 0.25) is 5.91 Å². The molecule has 7 nitrogen and oxygen atoms in total. The van der Waals surface area contributed by atoms with E-state index in [0.29, 0.717) is 40.1 Å². The smallest absolute Gasteiger partial charge is 0.270 e. The highest BCUT2D eigenvalue weighted by molar-refractivity contribution is 6.07. The van der Waals surface area contributed by atoms with Crippen molar-refractivity contribution < 1.29 is 19.1 Å². The van der Waals surface area contributed by atoms with Crippen molar-refractivity contribution >= 4 is 22.7 Å². The minimum Gasteiger partial charge on any atom is -0.493 e. The molecular weight excluding hydrogens is 382 g/mol. The number of benzene rings is 2. The van der Waals surface area contributed by atoms with Crippen molar-refractivity contribution in [2.75, 3.05) is 14.2 Å². The Morgan fingerprint density at radius 2 is 1.80 bits per heavy atom. The zero-order chi connectivity index (χ0) is 21.5. The second-order valence-electron chi connectivity index (χ2n) is 6.47. The SMILES string of the molecule is C=CCCC(=O)NNC(=O)c1cc(-c2ccc(OC)c(OC)c2)nc2ccccc12. The summed E-state index contributed by atoms with van der Waals surface area (Å²) in [7, 11) is 3.13. The summed E-state index contributed by atoms with van der Waals surface area (Å²) in [6, 6.07) is 14.4. The fraction of sp³-hybridized carbons (Fsp3) is 0.174. The maximum atomic E-state index is 12.8. The summed E-state index contributed by atoms with van der Waals surface area (Å²) in [5.74, 6) is 0.441. The highest BCUT2D eigenvalue weighted by atomic mass is 16.5. The van der Waals surface area contributed by atoms with Crippen LogP contribution < -0.4 is 20.3 Å². The Balaban J connectivity index is 1.98. The number of nitrogens with zero attached hydrogens (tertiary/aromatic N) is 1. The van der Waals surface area contributed by atoms with Crippen molar-refractivity contribution in [2.45, 2.75) is 12.8 Å². The van der Waals surface area contributed by atoms with Gasteiger partial charge in [-0.25, -0.2) is 4.98 Å². The van der Waals surface area contributed by atoms with Crippen LogP contribution in [0.25, 0.3) is 22.2 Å². The average molecular weight is 405 g/mol. The molecule has 2 amide bonds. The number of para-hydroxylation sites is 1. The Bertz CT molecular complexity index is 1090. The number of pyridine rings is 1. The fourth-order valence-electron chi connectivity index (χ4n) is 3.00. The second-order valence-corrected chi connectivity index (χ2v) is 6.47. The first-order valence-corrected chi connectivity index (χ1v) is 9.39. The third-order valence-corrected chi connectivity index (χ3v) is 4.53. The van der Waals surface area contributed by atoms with Crippen LogP contribution in [0.15, 0.2) is 61.2 Å². The second kappa shape index (κ2) is 9.56. The average Bonchev–Trinajstić information content (AvgIpc) is 2.79. The van der Waals surface area contributed by atoms with Crippen molar-refractivity contribution in [2.24, 2.45) is 0 Å². The summed E-state index contributed by atoms with van der Waals surface area (Å²) in [6.45, 7) is 3.58. The lowest BCUT2D eigenvalue weighted by atomic mass is 10.0. The topological polar surface area (TPSA) is 89.6 Å². The molecule has 30 heavy (non-hydrogen) atoms. The lowest BCUT2D eigenvalue weighted by Crippen LogP contribution is -2.41. The molecule has 0 saturated heterocycles. The molecule has 154 valence electrons. The Morgan fingerprint density at radius 3 is 2.53 bits per heavy atom. The number of methoxy groups -OCH3 is 2. The summed E-state index contributed by atoms with van der Waals surface area (Å²) < 4.78 is 10.7. The molecule has 1 heterocycles. The van der Waals surface area contributed by atoms with E-state index in [4.69, 9.17) is 9.47 Å². The molecule has 0 radical (unpaired) electrons. The van der Waals surface area contributed by atoms with Gasteiger partial charge in [0.05, 0.1) is 31.0 Å². The van der Waals surface area contributed by atoms with Gasteiger partial charge < -0.3 is 9.47 Å². The van der Waals surface area contributed by atoms with E-state index in [2.05, 4.69) is 22.4 Å². The molecule has 3 rings (SSSR count). The fourth-order valence-corrected chi connectivity index (χ4v) is 3.00. The molecule has 7 heteroatoms. The molecule has 0 aliphatic carbocycles. The van der Waals surface area contributed by atoms with Crippen molar-refractivity contribution in [3.8, 4) is 22.8 Å². The maximum absolute atomic E-state index is 12.8. The van der Waals surface area contributed by atoms with E-state index in [-0.39, 0.29) is 12.3 Å². The number of aromatic nitrogens is 1.